The quantitative estimate of drug-likeness (QED) is 0.887. The molecule has 0 saturated carbocycles. The van der Waals surface area contributed by atoms with Crippen LogP contribution in [0.4, 0.5) is 0 Å². The molecule has 18 heavy (non-hydrogen) atoms. The smallest absolute Gasteiger partial charge is 0.119 e. The van der Waals surface area contributed by atoms with Crippen molar-refractivity contribution >= 4 is 11.6 Å². The fraction of sp³-hybridized carbons (Fsp3) is 0.200. The number of hydrogen-bond donors (Lipinski definition) is 1. The van der Waals surface area contributed by atoms with Gasteiger partial charge in [-0.05, 0) is 42.4 Å². The Kier molecular flexibility index (Phi) is 4.62. The molecular formula is C15H16ClNO. The minimum absolute atomic E-state index is 0.569. The molecule has 3 heteroatoms. The van der Waals surface area contributed by atoms with Crippen molar-refractivity contribution < 1.29 is 4.74 Å². The van der Waals surface area contributed by atoms with Crippen LogP contribution in [0.15, 0.2) is 48.5 Å². The number of ether oxygens (including phenoxy) is 1. The maximum atomic E-state index is 5.83. The normalized spacial score (nSPS) is 10.3. The summed E-state index contributed by atoms with van der Waals surface area (Å²) in [6, 6.07) is 15.7. The van der Waals surface area contributed by atoms with Crippen molar-refractivity contribution in [2.75, 3.05) is 7.05 Å². The van der Waals surface area contributed by atoms with E-state index in [0.717, 1.165) is 17.3 Å². The first-order valence-corrected chi connectivity index (χ1v) is 6.27. The van der Waals surface area contributed by atoms with Gasteiger partial charge in [0, 0.05) is 11.6 Å². The van der Waals surface area contributed by atoms with Crippen molar-refractivity contribution in [2.24, 2.45) is 0 Å². The molecule has 0 saturated heterocycles. The molecule has 0 aliphatic rings. The van der Waals surface area contributed by atoms with E-state index in [4.69, 9.17) is 16.3 Å². The zero-order valence-electron chi connectivity index (χ0n) is 10.3. The largest absolute Gasteiger partial charge is 0.489 e. The van der Waals surface area contributed by atoms with Gasteiger partial charge in [-0.2, -0.15) is 0 Å². The van der Waals surface area contributed by atoms with Crippen molar-refractivity contribution in [2.45, 2.75) is 13.2 Å². The average molecular weight is 262 g/mol. The Morgan fingerprint density at radius 3 is 2.33 bits per heavy atom. The van der Waals surface area contributed by atoms with E-state index in [9.17, 15) is 0 Å². The second kappa shape index (κ2) is 6.43. The van der Waals surface area contributed by atoms with Crippen LogP contribution in [-0.4, -0.2) is 7.05 Å². The van der Waals surface area contributed by atoms with E-state index in [-0.39, 0.29) is 0 Å². The number of halogens is 1. The van der Waals surface area contributed by atoms with E-state index in [1.165, 1.54) is 11.1 Å². The van der Waals surface area contributed by atoms with Gasteiger partial charge in [-0.25, -0.2) is 0 Å². The number of nitrogens with one attached hydrogen (secondary N) is 1. The van der Waals surface area contributed by atoms with Gasteiger partial charge in [-0.15, -0.1) is 0 Å². The Balaban J connectivity index is 2.03. The zero-order chi connectivity index (χ0) is 12.8. The van der Waals surface area contributed by atoms with Gasteiger partial charge in [0.05, 0.1) is 0 Å². The monoisotopic (exact) mass is 261 g/mol. The van der Waals surface area contributed by atoms with E-state index in [2.05, 4.69) is 17.4 Å². The summed E-state index contributed by atoms with van der Waals surface area (Å²) in [5.74, 6) is 0.832. The molecule has 2 nitrogen and oxygen atoms in total. The van der Waals surface area contributed by atoms with Crippen LogP contribution < -0.4 is 10.1 Å². The Labute approximate surface area is 113 Å². The highest BCUT2D eigenvalue weighted by molar-refractivity contribution is 6.30. The van der Waals surface area contributed by atoms with Crippen molar-refractivity contribution in [1.82, 2.24) is 5.32 Å². The minimum Gasteiger partial charge on any atom is -0.489 e. The van der Waals surface area contributed by atoms with Crippen LogP contribution in [0.25, 0.3) is 0 Å². The van der Waals surface area contributed by atoms with Gasteiger partial charge < -0.3 is 10.1 Å². The SMILES string of the molecule is CNCc1ccccc1COc1ccc(Cl)cc1. The molecule has 0 fully saturated rings. The highest BCUT2D eigenvalue weighted by atomic mass is 35.5. The summed E-state index contributed by atoms with van der Waals surface area (Å²) in [6.45, 7) is 1.42. The first-order chi connectivity index (χ1) is 8.79. The lowest BCUT2D eigenvalue weighted by Crippen LogP contribution is -2.09. The average Bonchev–Trinajstić information content (AvgIpc) is 2.40. The molecule has 0 bridgehead atoms. The predicted octanol–water partition coefficient (Wildman–Crippen LogP) is 3.64. The van der Waals surface area contributed by atoms with Gasteiger partial charge in [0.15, 0.2) is 0 Å². The molecule has 2 rings (SSSR count). The molecule has 0 radical (unpaired) electrons. The maximum Gasteiger partial charge on any atom is 0.119 e. The van der Waals surface area contributed by atoms with E-state index >= 15 is 0 Å². The number of rotatable bonds is 5. The summed E-state index contributed by atoms with van der Waals surface area (Å²) < 4.78 is 5.75. The van der Waals surface area contributed by atoms with Gasteiger partial charge in [-0.1, -0.05) is 35.9 Å². The molecule has 0 aliphatic carbocycles. The zero-order valence-corrected chi connectivity index (χ0v) is 11.1. The molecule has 0 spiro atoms. The maximum absolute atomic E-state index is 5.83. The summed E-state index contributed by atoms with van der Waals surface area (Å²) in [5.41, 5.74) is 2.45. The predicted molar refractivity (Wildman–Crippen MR) is 75.0 cm³/mol. The van der Waals surface area contributed by atoms with Gasteiger partial charge in [0.25, 0.3) is 0 Å². The fourth-order valence-electron chi connectivity index (χ4n) is 1.75. The highest BCUT2D eigenvalue weighted by Crippen LogP contribution is 2.18. The molecule has 0 heterocycles. The molecule has 1 N–H and O–H groups in total. The van der Waals surface area contributed by atoms with Crippen LogP contribution in [0.3, 0.4) is 0 Å². The Bertz CT molecular complexity index is 496. The number of benzene rings is 2. The third-order valence-electron chi connectivity index (χ3n) is 2.69. The second-order valence-electron chi connectivity index (χ2n) is 4.04. The standard InChI is InChI=1S/C15H16ClNO/c1-17-10-12-4-2-3-5-13(12)11-18-15-8-6-14(16)7-9-15/h2-9,17H,10-11H2,1H3. The lowest BCUT2D eigenvalue weighted by Gasteiger charge is -2.10. The van der Waals surface area contributed by atoms with Gasteiger partial charge in [-0.3, -0.25) is 0 Å². The fourth-order valence-corrected chi connectivity index (χ4v) is 1.88. The van der Waals surface area contributed by atoms with Crippen LogP contribution in [0.2, 0.25) is 5.02 Å². The van der Waals surface area contributed by atoms with Gasteiger partial charge >= 0.3 is 0 Å². The van der Waals surface area contributed by atoms with E-state index in [1.54, 1.807) is 0 Å². The minimum atomic E-state index is 0.569. The Morgan fingerprint density at radius 2 is 1.67 bits per heavy atom. The Morgan fingerprint density at radius 1 is 1.00 bits per heavy atom. The lowest BCUT2D eigenvalue weighted by molar-refractivity contribution is 0.305. The third-order valence-corrected chi connectivity index (χ3v) is 2.95. The van der Waals surface area contributed by atoms with Crippen molar-refractivity contribution in [3.05, 3.63) is 64.7 Å². The van der Waals surface area contributed by atoms with E-state index in [1.807, 2.05) is 43.4 Å². The van der Waals surface area contributed by atoms with Crippen LogP contribution in [0, 0.1) is 0 Å². The molecule has 0 unspecified atom stereocenters. The number of hydrogen-bond acceptors (Lipinski definition) is 2. The topological polar surface area (TPSA) is 21.3 Å². The first-order valence-electron chi connectivity index (χ1n) is 5.89. The summed E-state index contributed by atoms with van der Waals surface area (Å²) in [5, 5.41) is 3.88. The molecule has 2 aromatic rings. The van der Waals surface area contributed by atoms with Crippen LogP contribution >= 0.6 is 11.6 Å². The summed E-state index contributed by atoms with van der Waals surface area (Å²) in [4.78, 5) is 0. The molecule has 2 aromatic carbocycles. The summed E-state index contributed by atoms with van der Waals surface area (Å²) >= 11 is 5.83. The first kappa shape index (κ1) is 12.9. The molecular weight excluding hydrogens is 246 g/mol. The molecule has 0 atom stereocenters. The molecule has 0 aliphatic heterocycles. The summed E-state index contributed by atoms with van der Waals surface area (Å²) in [7, 11) is 1.94. The Hall–Kier alpha value is -1.51. The van der Waals surface area contributed by atoms with Crippen molar-refractivity contribution in [3.63, 3.8) is 0 Å². The van der Waals surface area contributed by atoms with Crippen molar-refractivity contribution in [1.29, 1.82) is 0 Å². The molecule has 0 aromatic heterocycles. The summed E-state index contributed by atoms with van der Waals surface area (Å²) in [6.07, 6.45) is 0. The van der Waals surface area contributed by atoms with Crippen LogP contribution in [-0.2, 0) is 13.2 Å². The van der Waals surface area contributed by atoms with Crippen molar-refractivity contribution in [3.8, 4) is 5.75 Å². The van der Waals surface area contributed by atoms with E-state index < -0.39 is 0 Å². The lowest BCUT2D eigenvalue weighted by atomic mass is 10.1. The van der Waals surface area contributed by atoms with Crippen LogP contribution in [0.5, 0.6) is 5.75 Å². The van der Waals surface area contributed by atoms with E-state index in [0.29, 0.717) is 6.61 Å². The van der Waals surface area contributed by atoms with Gasteiger partial charge in [0.2, 0.25) is 0 Å². The van der Waals surface area contributed by atoms with Crippen LogP contribution in [0.1, 0.15) is 11.1 Å². The third kappa shape index (κ3) is 3.49. The highest BCUT2D eigenvalue weighted by Gasteiger charge is 2.02. The molecule has 0 amide bonds. The second-order valence-corrected chi connectivity index (χ2v) is 4.48. The molecule has 94 valence electrons. The van der Waals surface area contributed by atoms with Gasteiger partial charge in [0.1, 0.15) is 12.4 Å².